The minimum absolute atomic E-state index is 0.0235. The number of aryl methyl sites for hydroxylation is 3. The molecule has 5 heteroatoms. The molecular weight excluding hydrogens is 330 g/mol. The van der Waals surface area contributed by atoms with Gasteiger partial charge < -0.3 is 10.2 Å². The van der Waals surface area contributed by atoms with E-state index in [0.29, 0.717) is 0 Å². The number of rotatable bonds is 3. The van der Waals surface area contributed by atoms with Crippen LogP contribution in [0.2, 0.25) is 0 Å². The van der Waals surface area contributed by atoms with Crippen molar-refractivity contribution < 1.29 is 4.79 Å². The maximum absolute atomic E-state index is 12.4. The number of fused-ring (bicyclic) bond motifs is 1. The van der Waals surface area contributed by atoms with E-state index in [2.05, 4.69) is 54.2 Å². The molecule has 0 spiro atoms. The highest BCUT2D eigenvalue weighted by Crippen LogP contribution is 2.33. The number of carbonyl (C=O) groups excluding carboxylic acids is 1. The van der Waals surface area contributed by atoms with Crippen LogP contribution < -0.4 is 10.2 Å². The van der Waals surface area contributed by atoms with E-state index in [4.69, 9.17) is 0 Å². The first-order chi connectivity index (χ1) is 12.0. The zero-order valence-corrected chi connectivity index (χ0v) is 15.5. The minimum atomic E-state index is 0.0235. The number of hydrogen-bond acceptors (Lipinski definition) is 4. The molecule has 0 saturated carbocycles. The first kappa shape index (κ1) is 16.1. The molecule has 1 saturated heterocycles. The molecule has 4 nitrogen and oxygen atoms in total. The van der Waals surface area contributed by atoms with Gasteiger partial charge in [0.05, 0.1) is 16.1 Å². The zero-order valence-electron chi connectivity index (χ0n) is 14.7. The number of nitrogens with zero attached hydrogens (tertiary/aromatic N) is 2. The van der Waals surface area contributed by atoms with E-state index < -0.39 is 0 Å². The second-order valence-corrected chi connectivity index (χ2v) is 7.87. The summed E-state index contributed by atoms with van der Waals surface area (Å²) in [7, 11) is 0. The van der Waals surface area contributed by atoms with Crippen LogP contribution in [-0.2, 0) is 4.79 Å². The van der Waals surface area contributed by atoms with E-state index in [-0.39, 0.29) is 11.8 Å². The average Bonchev–Trinajstić information content (AvgIpc) is 2.92. The quantitative estimate of drug-likeness (QED) is 0.765. The Morgan fingerprint density at radius 3 is 2.68 bits per heavy atom. The summed E-state index contributed by atoms with van der Waals surface area (Å²) in [5, 5.41) is 4.05. The van der Waals surface area contributed by atoms with Crippen LogP contribution in [0.1, 0.15) is 16.7 Å². The summed E-state index contributed by atoms with van der Waals surface area (Å²) in [6.07, 6.45) is 0. The summed E-state index contributed by atoms with van der Waals surface area (Å²) in [5.41, 5.74) is 5.59. The summed E-state index contributed by atoms with van der Waals surface area (Å²) in [5.74, 6) is 0.117. The number of carbonyl (C=O) groups is 1. The highest BCUT2D eigenvalue weighted by atomic mass is 32.1. The fourth-order valence-electron chi connectivity index (χ4n) is 3.02. The molecule has 1 amide bonds. The lowest BCUT2D eigenvalue weighted by atomic mass is 10.00. The van der Waals surface area contributed by atoms with E-state index in [0.717, 1.165) is 29.4 Å². The Kier molecular flexibility index (Phi) is 3.96. The van der Waals surface area contributed by atoms with Gasteiger partial charge in [-0.15, -0.1) is 0 Å². The van der Waals surface area contributed by atoms with Gasteiger partial charge in [-0.1, -0.05) is 23.5 Å². The molecule has 0 bridgehead atoms. The number of hydrogen-bond donors (Lipinski definition) is 1. The van der Waals surface area contributed by atoms with Crippen molar-refractivity contribution in [3.8, 4) is 0 Å². The third kappa shape index (κ3) is 3.12. The Labute approximate surface area is 151 Å². The molecular formula is C20H21N3OS. The molecule has 0 atom stereocenters. The number of amides is 1. The lowest BCUT2D eigenvalue weighted by molar-refractivity contribution is -0.120. The van der Waals surface area contributed by atoms with Crippen molar-refractivity contribution in [3.63, 3.8) is 0 Å². The molecule has 1 aliphatic rings. The first-order valence-corrected chi connectivity index (χ1v) is 9.31. The molecule has 2 aromatic carbocycles. The van der Waals surface area contributed by atoms with Gasteiger partial charge in [0.1, 0.15) is 0 Å². The molecule has 2 heterocycles. The predicted octanol–water partition coefficient (Wildman–Crippen LogP) is 4.30. The molecule has 1 fully saturated rings. The van der Waals surface area contributed by atoms with Gasteiger partial charge in [-0.2, -0.15) is 0 Å². The predicted molar refractivity (Wildman–Crippen MR) is 105 cm³/mol. The van der Waals surface area contributed by atoms with Gasteiger partial charge >= 0.3 is 0 Å². The van der Waals surface area contributed by atoms with Crippen molar-refractivity contribution in [1.29, 1.82) is 0 Å². The Balaban J connectivity index is 1.40. The Bertz CT molecular complexity index is 957. The van der Waals surface area contributed by atoms with Crippen molar-refractivity contribution in [2.75, 3.05) is 23.3 Å². The Morgan fingerprint density at radius 2 is 1.92 bits per heavy atom. The van der Waals surface area contributed by atoms with Crippen LogP contribution in [0.5, 0.6) is 0 Å². The van der Waals surface area contributed by atoms with Crippen molar-refractivity contribution in [2.45, 2.75) is 20.8 Å². The van der Waals surface area contributed by atoms with Gasteiger partial charge in [0.15, 0.2) is 5.13 Å². The molecule has 3 aromatic rings. The van der Waals surface area contributed by atoms with Crippen molar-refractivity contribution >= 4 is 38.3 Å². The fraction of sp³-hybridized carbons (Fsp3) is 0.300. The lowest BCUT2D eigenvalue weighted by Crippen LogP contribution is -2.52. The SMILES string of the molecule is Cc1ccc2nc(N3CC(C(=O)Nc4ccc(C)c(C)c4)C3)sc2c1. The van der Waals surface area contributed by atoms with E-state index in [9.17, 15) is 4.79 Å². The zero-order chi connectivity index (χ0) is 17.6. The molecule has 1 aromatic heterocycles. The van der Waals surface area contributed by atoms with Crippen molar-refractivity contribution in [2.24, 2.45) is 5.92 Å². The summed E-state index contributed by atoms with van der Waals surface area (Å²) < 4.78 is 1.21. The first-order valence-electron chi connectivity index (χ1n) is 8.50. The fourth-order valence-corrected chi connectivity index (χ4v) is 4.10. The van der Waals surface area contributed by atoms with Crippen LogP contribution in [0.3, 0.4) is 0 Å². The smallest absolute Gasteiger partial charge is 0.231 e. The van der Waals surface area contributed by atoms with Crippen LogP contribution in [0, 0.1) is 26.7 Å². The number of benzene rings is 2. The topological polar surface area (TPSA) is 45.2 Å². The highest BCUT2D eigenvalue weighted by molar-refractivity contribution is 7.22. The molecule has 0 radical (unpaired) electrons. The van der Waals surface area contributed by atoms with Crippen LogP contribution in [0.25, 0.3) is 10.2 Å². The molecule has 128 valence electrons. The number of anilines is 2. The molecule has 1 N–H and O–H groups in total. The summed E-state index contributed by atoms with van der Waals surface area (Å²) in [6, 6.07) is 12.4. The van der Waals surface area contributed by atoms with Gasteiger partial charge in [0.2, 0.25) is 5.91 Å². The maximum atomic E-state index is 12.4. The number of nitrogens with one attached hydrogen (secondary N) is 1. The molecule has 4 rings (SSSR count). The normalized spacial score (nSPS) is 14.6. The van der Waals surface area contributed by atoms with Crippen LogP contribution >= 0.6 is 11.3 Å². The third-order valence-corrected chi connectivity index (χ3v) is 5.91. The van der Waals surface area contributed by atoms with E-state index in [1.54, 1.807) is 11.3 Å². The minimum Gasteiger partial charge on any atom is -0.346 e. The third-order valence-electron chi connectivity index (χ3n) is 4.83. The van der Waals surface area contributed by atoms with Crippen molar-refractivity contribution in [1.82, 2.24) is 4.98 Å². The van der Waals surface area contributed by atoms with E-state index in [1.807, 2.05) is 18.2 Å². The Hall–Kier alpha value is -2.40. The second-order valence-electron chi connectivity index (χ2n) is 6.86. The summed E-state index contributed by atoms with van der Waals surface area (Å²) >= 11 is 1.70. The average molecular weight is 351 g/mol. The lowest BCUT2D eigenvalue weighted by Gasteiger charge is -2.37. The summed E-state index contributed by atoms with van der Waals surface area (Å²) in [4.78, 5) is 19.3. The highest BCUT2D eigenvalue weighted by Gasteiger charge is 2.34. The van der Waals surface area contributed by atoms with Gasteiger partial charge in [0, 0.05) is 18.8 Å². The summed E-state index contributed by atoms with van der Waals surface area (Å²) in [6.45, 7) is 7.69. The molecule has 25 heavy (non-hydrogen) atoms. The molecule has 0 unspecified atom stereocenters. The Morgan fingerprint density at radius 1 is 1.12 bits per heavy atom. The molecule has 0 aliphatic carbocycles. The van der Waals surface area contributed by atoms with E-state index >= 15 is 0 Å². The van der Waals surface area contributed by atoms with Crippen LogP contribution in [-0.4, -0.2) is 24.0 Å². The number of thiazole rings is 1. The monoisotopic (exact) mass is 351 g/mol. The van der Waals surface area contributed by atoms with E-state index in [1.165, 1.54) is 21.4 Å². The van der Waals surface area contributed by atoms with Crippen LogP contribution in [0.4, 0.5) is 10.8 Å². The van der Waals surface area contributed by atoms with Crippen molar-refractivity contribution in [3.05, 3.63) is 53.1 Å². The van der Waals surface area contributed by atoms with Gasteiger partial charge in [-0.3, -0.25) is 4.79 Å². The molecule has 1 aliphatic heterocycles. The largest absolute Gasteiger partial charge is 0.346 e. The second kappa shape index (κ2) is 6.15. The van der Waals surface area contributed by atoms with Gasteiger partial charge in [-0.25, -0.2) is 4.98 Å². The van der Waals surface area contributed by atoms with Gasteiger partial charge in [0.25, 0.3) is 0 Å². The van der Waals surface area contributed by atoms with Crippen LogP contribution in [0.15, 0.2) is 36.4 Å². The van der Waals surface area contributed by atoms with Gasteiger partial charge in [-0.05, 0) is 61.7 Å². The maximum Gasteiger partial charge on any atom is 0.231 e. The standard InChI is InChI=1S/C20H21N3OS/c1-12-4-7-17-18(8-12)25-20(22-17)23-10-15(11-23)19(24)21-16-6-5-13(2)14(3)9-16/h4-9,15H,10-11H2,1-3H3,(H,21,24). The number of aromatic nitrogens is 1.